The van der Waals surface area contributed by atoms with Crippen molar-refractivity contribution >= 4 is 28.2 Å². The molecule has 6 heteroatoms. The van der Waals surface area contributed by atoms with Crippen LogP contribution in [0.15, 0.2) is 96.2 Å². The van der Waals surface area contributed by atoms with Crippen LogP contribution in [0.2, 0.25) is 0 Å². The first-order valence-electron chi connectivity index (χ1n) is 12.7. The van der Waals surface area contributed by atoms with Gasteiger partial charge < -0.3 is 19.5 Å². The molecule has 3 aliphatic rings. The lowest BCUT2D eigenvalue weighted by Crippen LogP contribution is -2.40. The summed E-state index contributed by atoms with van der Waals surface area (Å²) >= 11 is 0. The van der Waals surface area contributed by atoms with Crippen LogP contribution >= 0.6 is 0 Å². The van der Waals surface area contributed by atoms with Crippen LogP contribution in [-0.4, -0.2) is 25.7 Å². The second-order valence-corrected chi connectivity index (χ2v) is 9.90. The predicted octanol–water partition coefficient (Wildman–Crippen LogP) is 5.93. The highest BCUT2D eigenvalue weighted by Gasteiger charge is 2.48. The molecule has 1 aliphatic carbocycles. The summed E-state index contributed by atoms with van der Waals surface area (Å²) in [4.78, 5) is 27.7. The zero-order chi connectivity index (χ0) is 25.8. The molecule has 4 aromatic carbocycles. The maximum Gasteiger partial charge on any atom is 0.317 e. The molecule has 3 atom stereocenters. The molecular weight excluding hydrogens is 478 g/mol. The van der Waals surface area contributed by atoms with Crippen LogP contribution in [0, 0.1) is 5.92 Å². The van der Waals surface area contributed by atoms with E-state index in [1.807, 2.05) is 48.5 Å². The standard InChI is InChI=1S/C32H25NO5/c1-36-32(35)29-22(20-12-14-25-26(15-20)38-17-37-25)16-24-30(31(29)34)27(19-8-3-2-4-9-19)28-21-10-6-5-7-18(21)11-13-23(28)33-24/h2-15,22,27,29,33H,16-17H2,1H3/t22-,27-,29-/m0/s1. The lowest BCUT2D eigenvalue weighted by molar-refractivity contribution is -0.149. The number of esters is 1. The van der Waals surface area contributed by atoms with Crippen molar-refractivity contribution in [3.05, 3.63) is 113 Å². The number of allylic oxidation sites excluding steroid dienone is 2. The van der Waals surface area contributed by atoms with Gasteiger partial charge in [0.2, 0.25) is 6.79 Å². The van der Waals surface area contributed by atoms with E-state index < -0.39 is 17.8 Å². The second kappa shape index (κ2) is 8.77. The molecule has 2 aliphatic heterocycles. The highest BCUT2D eigenvalue weighted by atomic mass is 16.7. The molecule has 0 saturated carbocycles. The van der Waals surface area contributed by atoms with Crippen LogP contribution < -0.4 is 14.8 Å². The van der Waals surface area contributed by atoms with E-state index in [2.05, 4.69) is 41.7 Å². The molecule has 0 bridgehead atoms. The van der Waals surface area contributed by atoms with Crippen molar-refractivity contribution in [3.63, 3.8) is 0 Å². The van der Waals surface area contributed by atoms with Crippen LogP contribution in [-0.2, 0) is 14.3 Å². The number of ether oxygens (including phenoxy) is 3. The Morgan fingerprint density at radius 3 is 2.53 bits per heavy atom. The first-order chi connectivity index (χ1) is 18.6. The van der Waals surface area contributed by atoms with Crippen LogP contribution in [0.25, 0.3) is 10.8 Å². The average molecular weight is 504 g/mol. The number of hydrogen-bond donors (Lipinski definition) is 1. The number of Topliss-reactive ketones (excluding diaryl/α,β-unsaturated/α-hetero) is 1. The lowest BCUT2D eigenvalue weighted by atomic mass is 9.66. The van der Waals surface area contributed by atoms with E-state index in [4.69, 9.17) is 14.2 Å². The Balaban J connectivity index is 1.43. The Hall–Kier alpha value is -4.58. The summed E-state index contributed by atoms with van der Waals surface area (Å²) in [5.74, 6) is -1.15. The van der Waals surface area contributed by atoms with Gasteiger partial charge in [0.25, 0.3) is 0 Å². The number of rotatable bonds is 3. The van der Waals surface area contributed by atoms with Crippen molar-refractivity contribution in [3.8, 4) is 11.5 Å². The first kappa shape index (κ1) is 22.6. The molecule has 7 rings (SSSR count). The van der Waals surface area contributed by atoms with Crippen LogP contribution in [0.1, 0.15) is 34.9 Å². The Morgan fingerprint density at radius 2 is 1.68 bits per heavy atom. The maximum atomic E-state index is 14.5. The number of anilines is 1. The largest absolute Gasteiger partial charge is 0.468 e. The molecule has 0 aromatic heterocycles. The minimum absolute atomic E-state index is 0.156. The van der Waals surface area contributed by atoms with Gasteiger partial charge in [-0.3, -0.25) is 9.59 Å². The molecule has 38 heavy (non-hydrogen) atoms. The molecule has 1 N–H and O–H groups in total. The average Bonchev–Trinajstić information content (AvgIpc) is 3.44. The van der Waals surface area contributed by atoms with E-state index in [-0.39, 0.29) is 18.5 Å². The van der Waals surface area contributed by atoms with Crippen molar-refractivity contribution in [2.24, 2.45) is 5.92 Å². The number of carbonyl (C=O) groups excluding carboxylic acids is 2. The fraction of sp³-hybridized carbons (Fsp3) is 0.188. The molecule has 0 unspecified atom stereocenters. The van der Waals surface area contributed by atoms with E-state index in [0.717, 1.165) is 38.8 Å². The third kappa shape index (κ3) is 3.40. The topological polar surface area (TPSA) is 73.9 Å². The monoisotopic (exact) mass is 503 g/mol. The highest BCUT2D eigenvalue weighted by molar-refractivity contribution is 6.13. The summed E-state index contributed by atoms with van der Waals surface area (Å²) in [7, 11) is 1.34. The third-order valence-corrected chi connectivity index (χ3v) is 7.95. The van der Waals surface area contributed by atoms with Gasteiger partial charge in [0.05, 0.1) is 7.11 Å². The molecule has 0 saturated heterocycles. The van der Waals surface area contributed by atoms with E-state index in [0.29, 0.717) is 23.5 Å². The van der Waals surface area contributed by atoms with E-state index in [9.17, 15) is 9.59 Å². The van der Waals surface area contributed by atoms with Gasteiger partial charge in [-0.05, 0) is 52.1 Å². The van der Waals surface area contributed by atoms with Gasteiger partial charge in [-0.2, -0.15) is 0 Å². The molecule has 0 fully saturated rings. The molecule has 0 radical (unpaired) electrons. The van der Waals surface area contributed by atoms with Crippen molar-refractivity contribution in [2.45, 2.75) is 18.3 Å². The summed E-state index contributed by atoms with van der Waals surface area (Å²) in [5, 5.41) is 5.78. The smallest absolute Gasteiger partial charge is 0.317 e. The Morgan fingerprint density at radius 1 is 0.895 bits per heavy atom. The summed E-state index contributed by atoms with van der Waals surface area (Å²) in [5.41, 5.74) is 5.35. The van der Waals surface area contributed by atoms with Crippen LogP contribution in [0.4, 0.5) is 5.69 Å². The Labute approximate surface area is 219 Å². The molecule has 4 aromatic rings. The van der Waals surface area contributed by atoms with Gasteiger partial charge in [0.15, 0.2) is 17.3 Å². The number of ketones is 1. The van der Waals surface area contributed by atoms with Gasteiger partial charge in [-0.1, -0.05) is 66.7 Å². The highest BCUT2D eigenvalue weighted by Crippen LogP contribution is 2.52. The Kier molecular flexibility index (Phi) is 5.22. The number of hydrogen-bond acceptors (Lipinski definition) is 6. The van der Waals surface area contributed by atoms with Crippen molar-refractivity contribution in [1.82, 2.24) is 0 Å². The van der Waals surface area contributed by atoms with E-state index in [1.54, 1.807) is 0 Å². The van der Waals surface area contributed by atoms with Crippen LogP contribution in [0.3, 0.4) is 0 Å². The van der Waals surface area contributed by atoms with Gasteiger partial charge in [-0.25, -0.2) is 0 Å². The Bertz CT molecular complexity index is 1640. The normalized spacial score (nSPS) is 21.5. The van der Waals surface area contributed by atoms with Crippen molar-refractivity contribution < 1.29 is 23.8 Å². The van der Waals surface area contributed by atoms with Gasteiger partial charge in [0, 0.05) is 28.8 Å². The first-order valence-corrected chi connectivity index (χ1v) is 12.7. The quantitative estimate of drug-likeness (QED) is 0.276. The minimum Gasteiger partial charge on any atom is -0.468 e. The van der Waals surface area contributed by atoms with Crippen molar-refractivity contribution in [1.29, 1.82) is 0 Å². The fourth-order valence-electron chi connectivity index (χ4n) is 6.24. The number of carbonyl (C=O) groups is 2. The van der Waals surface area contributed by atoms with Gasteiger partial charge in [0.1, 0.15) is 5.92 Å². The number of nitrogens with one attached hydrogen (secondary N) is 1. The summed E-state index contributed by atoms with van der Waals surface area (Å²) in [6.07, 6.45) is 0.482. The van der Waals surface area contributed by atoms with E-state index in [1.165, 1.54) is 7.11 Å². The van der Waals surface area contributed by atoms with E-state index >= 15 is 0 Å². The van der Waals surface area contributed by atoms with Crippen LogP contribution in [0.5, 0.6) is 11.5 Å². The molecule has 0 spiro atoms. The molecule has 6 nitrogen and oxygen atoms in total. The second-order valence-electron chi connectivity index (χ2n) is 9.90. The fourth-order valence-corrected chi connectivity index (χ4v) is 6.24. The third-order valence-electron chi connectivity index (χ3n) is 7.95. The number of fused-ring (bicyclic) bond motifs is 4. The number of benzene rings is 4. The predicted molar refractivity (Wildman–Crippen MR) is 143 cm³/mol. The minimum atomic E-state index is -0.969. The zero-order valence-corrected chi connectivity index (χ0v) is 20.8. The van der Waals surface area contributed by atoms with Gasteiger partial charge >= 0.3 is 5.97 Å². The van der Waals surface area contributed by atoms with Crippen molar-refractivity contribution in [2.75, 3.05) is 19.2 Å². The van der Waals surface area contributed by atoms with Gasteiger partial charge in [-0.15, -0.1) is 0 Å². The summed E-state index contributed by atoms with van der Waals surface area (Å²) in [6.45, 7) is 0.156. The lowest BCUT2D eigenvalue weighted by Gasteiger charge is -2.40. The molecular formula is C32H25NO5. The molecule has 188 valence electrons. The maximum absolute atomic E-state index is 14.5. The summed E-state index contributed by atoms with van der Waals surface area (Å²) < 4.78 is 16.3. The SMILES string of the molecule is COC(=O)[C@@H]1C(=O)C2=C(C[C@H]1c1ccc3c(c1)OCO3)Nc1ccc3ccccc3c1[C@@H]2c1ccccc1. The summed E-state index contributed by atoms with van der Waals surface area (Å²) in [6, 6.07) is 28.1. The molecule has 2 heterocycles. The molecule has 0 amide bonds. The number of methoxy groups -OCH3 is 1. The zero-order valence-electron chi connectivity index (χ0n) is 20.8.